The summed E-state index contributed by atoms with van der Waals surface area (Å²) in [5.41, 5.74) is 0.943. The summed E-state index contributed by atoms with van der Waals surface area (Å²) in [6.07, 6.45) is 8.53. The normalized spacial score (nSPS) is 31.4. The lowest BCUT2D eigenvalue weighted by atomic mass is 9.82. The van der Waals surface area contributed by atoms with Crippen LogP contribution in [0.5, 0.6) is 6.08 Å². The molecule has 1 aromatic rings. The van der Waals surface area contributed by atoms with Crippen LogP contribution in [0, 0.1) is 11.8 Å². The van der Waals surface area contributed by atoms with E-state index < -0.39 is 0 Å². The molecule has 0 saturated heterocycles. The van der Waals surface area contributed by atoms with E-state index in [1.807, 2.05) is 0 Å². The molecule has 2 atom stereocenters. The maximum absolute atomic E-state index is 5.89. The second-order valence-corrected chi connectivity index (χ2v) is 6.42. The van der Waals surface area contributed by atoms with Gasteiger partial charge in [-0.25, -0.2) is 0 Å². The Bertz CT molecular complexity index is 404. The van der Waals surface area contributed by atoms with Gasteiger partial charge in [0.2, 0.25) is 0 Å². The van der Waals surface area contributed by atoms with E-state index in [-0.39, 0.29) is 6.10 Å². The monoisotopic (exact) mass is 264 g/mol. The molecule has 3 rings (SSSR count). The maximum Gasteiger partial charge on any atom is 0.394 e. The number of ether oxygens (including phenoxy) is 1. The van der Waals surface area contributed by atoms with E-state index in [0.717, 1.165) is 36.9 Å². The Morgan fingerprint density at radius 2 is 2.00 bits per heavy atom. The summed E-state index contributed by atoms with van der Waals surface area (Å²) < 4.78 is 11.3. The lowest BCUT2D eigenvalue weighted by Gasteiger charge is -2.30. The van der Waals surface area contributed by atoms with Gasteiger partial charge in [0.1, 0.15) is 12.4 Å². The van der Waals surface area contributed by atoms with Crippen LogP contribution in [0.1, 0.15) is 51.6 Å². The van der Waals surface area contributed by atoms with Crippen molar-refractivity contribution < 1.29 is 9.15 Å². The third kappa shape index (κ3) is 3.72. The molecular formula is C15H24N2O2. The van der Waals surface area contributed by atoms with Crippen molar-refractivity contribution in [3.8, 4) is 6.08 Å². The molecule has 0 radical (unpaired) electrons. The van der Waals surface area contributed by atoms with Crippen LogP contribution < -0.4 is 10.1 Å². The van der Waals surface area contributed by atoms with Gasteiger partial charge < -0.3 is 14.5 Å². The third-order valence-electron chi connectivity index (χ3n) is 4.08. The molecule has 1 N–H and O–H groups in total. The molecule has 1 aromatic heterocycles. The van der Waals surface area contributed by atoms with Crippen molar-refractivity contribution in [1.82, 2.24) is 10.3 Å². The molecule has 19 heavy (non-hydrogen) atoms. The van der Waals surface area contributed by atoms with Gasteiger partial charge >= 0.3 is 6.08 Å². The first kappa shape index (κ1) is 13.0. The molecule has 0 amide bonds. The molecule has 2 aliphatic carbocycles. The first-order valence-corrected chi connectivity index (χ1v) is 7.53. The number of aromatic nitrogens is 1. The number of oxazole rings is 1. The fraction of sp³-hybridized carbons (Fsp3) is 0.800. The average molecular weight is 264 g/mol. The zero-order chi connectivity index (χ0) is 13.2. The third-order valence-corrected chi connectivity index (χ3v) is 4.08. The van der Waals surface area contributed by atoms with Gasteiger partial charge in [-0.3, -0.25) is 0 Å². The summed E-state index contributed by atoms with van der Waals surface area (Å²) in [5, 5.41) is 3.43. The van der Waals surface area contributed by atoms with Gasteiger partial charge in [0.05, 0.1) is 5.69 Å². The van der Waals surface area contributed by atoms with Gasteiger partial charge in [-0.05, 0) is 43.9 Å². The van der Waals surface area contributed by atoms with Gasteiger partial charge in [0, 0.05) is 12.6 Å². The lowest BCUT2D eigenvalue weighted by molar-refractivity contribution is 0.0724. The summed E-state index contributed by atoms with van der Waals surface area (Å²) in [5.74, 6) is 1.47. The highest BCUT2D eigenvalue weighted by Crippen LogP contribution is 2.31. The Kier molecular flexibility index (Phi) is 3.78. The van der Waals surface area contributed by atoms with Crippen LogP contribution in [0.4, 0.5) is 0 Å². The number of nitrogens with one attached hydrogen (secondary N) is 1. The van der Waals surface area contributed by atoms with Crippen molar-refractivity contribution in [2.45, 2.75) is 64.6 Å². The first-order valence-electron chi connectivity index (χ1n) is 7.53. The predicted octanol–water partition coefficient (Wildman–Crippen LogP) is 3.13. The number of hydrogen-bond donors (Lipinski definition) is 1. The van der Waals surface area contributed by atoms with Crippen LogP contribution in [-0.4, -0.2) is 17.1 Å². The second kappa shape index (κ2) is 5.53. The smallest absolute Gasteiger partial charge is 0.394 e. The lowest BCUT2D eigenvalue weighted by Crippen LogP contribution is -2.28. The minimum Gasteiger partial charge on any atom is -0.447 e. The zero-order valence-corrected chi connectivity index (χ0v) is 11.9. The van der Waals surface area contributed by atoms with Crippen LogP contribution >= 0.6 is 0 Å². The minimum atomic E-state index is 0.265. The van der Waals surface area contributed by atoms with E-state index in [0.29, 0.717) is 12.1 Å². The Labute approximate surface area is 114 Å². The van der Waals surface area contributed by atoms with Crippen molar-refractivity contribution >= 4 is 0 Å². The van der Waals surface area contributed by atoms with Crippen LogP contribution in [-0.2, 0) is 6.54 Å². The van der Waals surface area contributed by atoms with Crippen molar-refractivity contribution in [3.63, 3.8) is 0 Å². The topological polar surface area (TPSA) is 47.3 Å². The molecule has 2 aliphatic rings. The molecule has 0 bridgehead atoms. The van der Waals surface area contributed by atoms with E-state index in [4.69, 9.17) is 9.15 Å². The van der Waals surface area contributed by atoms with E-state index in [1.54, 1.807) is 6.26 Å². The Morgan fingerprint density at radius 3 is 2.68 bits per heavy atom. The second-order valence-electron chi connectivity index (χ2n) is 6.42. The first-order chi connectivity index (χ1) is 9.19. The fourth-order valence-corrected chi connectivity index (χ4v) is 3.07. The van der Waals surface area contributed by atoms with Gasteiger partial charge in [-0.1, -0.05) is 13.8 Å². The molecule has 2 saturated carbocycles. The quantitative estimate of drug-likeness (QED) is 0.887. The minimum absolute atomic E-state index is 0.265. The molecule has 0 aliphatic heterocycles. The molecule has 4 heteroatoms. The van der Waals surface area contributed by atoms with Gasteiger partial charge in [0.25, 0.3) is 0 Å². The molecule has 4 nitrogen and oxygen atoms in total. The van der Waals surface area contributed by atoms with Crippen LogP contribution in [0.15, 0.2) is 10.7 Å². The zero-order valence-electron chi connectivity index (χ0n) is 11.9. The highest BCUT2D eigenvalue weighted by atomic mass is 16.6. The van der Waals surface area contributed by atoms with E-state index in [9.17, 15) is 0 Å². The molecule has 106 valence electrons. The number of hydrogen-bond acceptors (Lipinski definition) is 4. The Balaban J connectivity index is 1.51. The molecule has 2 unspecified atom stereocenters. The van der Waals surface area contributed by atoms with Gasteiger partial charge in [-0.2, -0.15) is 4.98 Å². The van der Waals surface area contributed by atoms with Crippen molar-refractivity contribution in [2.75, 3.05) is 0 Å². The van der Waals surface area contributed by atoms with Crippen molar-refractivity contribution in [3.05, 3.63) is 12.0 Å². The summed E-state index contributed by atoms with van der Waals surface area (Å²) >= 11 is 0. The summed E-state index contributed by atoms with van der Waals surface area (Å²) in [6.45, 7) is 5.38. The van der Waals surface area contributed by atoms with Crippen molar-refractivity contribution in [2.24, 2.45) is 11.8 Å². The molecule has 2 fully saturated rings. The Morgan fingerprint density at radius 1 is 1.26 bits per heavy atom. The summed E-state index contributed by atoms with van der Waals surface area (Å²) in [6, 6.07) is 0.695. The van der Waals surface area contributed by atoms with Crippen molar-refractivity contribution in [1.29, 1.82) is 0 Å². The van der Waals surface area contributed by atoms with E-state index >= 15 is 0 Å². The van der Waals surface area contributed by atoms with Crippen LogP contribution in [0.3, 0.4) is 0 Å². The number of rotatable bonds is 5. The summed E-state index contributed by atoms with van der Waals surface area (Å²) in [4.78, 5) is 4.40. The van der Waals surface area contributed by atoms with E-state index in [2.05, 4.69) is 24.1 Å². The maximum atomic E-state index is 5.89. The Hall–Kier alpha value is -1.03. The largest absolute Gasteiger partial charge is 0.447 e. The SMILES string of the molecule is CC1CC(C)CC(Oc2nc(CNC3CC3)co2)C1. The number of nitrogens with zero attached hydrogens (tertiary/aromatic N) is 1. The van der Waals surface area contributed by atoms with Crippen LogP contribution in [0.25, 0.3) is 0 Å². The molecular weight excluding hydrogens is 240 g/mol. The highest BCUT2D eigenvalue weighted by molar-refractivity contribution is 5.01. The van der Waals surface area contributed by atoms with Crippen LogP contribution in [0.2, 0.25) is 0 Å². The average Bonchev–Trinajstić information content (AvgIpc) is 3.06. The van der Waals surface area contributed by atoms with E-state index in [1.165, 1.54) is 19.3 Å². The standard InChI is InChI=1S/C15H24N2O2/c1-10-5-11(2)7-14(6-10)19-15-17-13(9-18-15)8-16-12-3-4-12/h9-12,14,16H,3-8H2,1-2H3. The van der Waals surface area contributed by atoms with Gasteiger partial charge in [0.15, 0.2) is 0 Å². The fourth-order valence-electron chi connectivity index (χ4n) is 3.07. The molecule has 1 heterocycles. The highest BCUT2D eigenvalue weighted by Gasteiger charge is 2.26. The summed E-state index contributed by atoms with van der Waals surface area (Å²) in [7, 11) is 0. The molecule has 0 aromatic carbocycles. The van der Waals surface area contributed by atoms with Gasteiger partial charge in [-0.15, -0.1) is 0 Å². The molecule has 0 spiro atoms. The predicted molar refractivity (Wildman–Crippen MR) is 73.0 cm³/mol.